The van der Waals surface area contributed by atoms with E-state index in [0.717, 1.165) is 30.3 Å². The second-order valence-corrected chi connectivity index (χ2v) is 5.88. The fourth-order valence-electron chi connectivity index (χ4n) is 4.83. The minimum atomic E-state index is 0.487. The van der Waals surface area contributed by atoms with Crippen molar-refractivity contribution in [3.8, 4) is 0 Å². The first-order valence-corrected chi connectivity index (χ1v) is 6.67. The highest BCUT2D eigenvalue weighted by Gasteiger charge is 2.68. The van der Waals surface area contributed by atoms with Crippen molar-refractivity contribution in [2.24, 2.45) is 23.7 Å². The fraction of sp³-hybridized carbons (Fsp3) is 1.00. The van der Waals surface area contributed by atoms with Gasteiger partial charge in [0.05, 0.1) is 24.9 Å². The normalized spacial score (nSPS) is 59.4. The summed E-state index contributed by atoms with van der Waals surface area (Å²) >= 11 is 0. The van der Waals surface area contributed by atoms with Gasteiger partial charge in [0, 0.05) is 0 Å². The fourth-order valence-corrected chi connectivity index (χ4v) is 4.83. The van der Waals surface area contributed by atoms with E-state index in [2.05, 4.69) is 6.92 Å². The van der Waals surface area contributed by atoms with Gasteiger partial charge in [0.2, 0.25) is 0 Å². The van der Waals surface area contributed by atoms with Gasteiger partial charge in [0.1, 0.15) is 0 Å². The average Bonchev–Trinajstić information content (AvgIpc) is 2.81. The van der Waals surface area contributed by atoms with Gasteiger partial charge >= 0.3 is 0 Å². The van der Waals surface area contributed by atoms with E-state index in [9.17, 15) is 0 Å². The molecule has 4 fully saturated rings. The Bertz CT molecular complexity index is 274. The Labute approximate surface area is 91.3 Å². The number of hydrogen-bond acceptors (Lipinski definition) is 2. The van der Waals surface area contributed by atoms with Crippen LogP contribution in [-0.2, 0) is 9.47 Å². The van der Waals surface area contributed by atoms with Crippen LogP contribution in [0.25, 0.3) is 0 Å². The molecule has 2 saturated heterocycles. The molecule has 2 bridgehead atoms. The van der Waals surface area contributed by atoms with E-state index < -0.39 is 0 Å². The van der Waals surface area contributed by atoms with Crippen LogP contribution in [0.5, 0.6) is 0 Å². The highest BCUT2D eigenvalue weighted by Crippen LogP contribution is 2.63. The molecule has 15 heavy (non-hydrogen) atoms. The van der Waals surface area contributed by atoms with E-state index in [4.69, 9.17) is 9.47 Å². The van der Waals surface area contributed by atoms with Gasteiger partial charge in [-0.1, -0.05) is 19.8 Å². The number of fused-ring (bicyclic) bond motifs is 2. The highest BCUT2D eigenvalue weighted by molar-refractivity contribution is 5.15. The summed E-state index contributed by atoms with van der Waals surface area (Å²) in [4.78, 5) is 0. The van der Waals surface area contributed by atoms with Crippen LogP contribution in [0, 0.1) is 23.7 Å². The van der Waals surface area contributed by atoms with Crippen LogP contribution in [0.15, 0.2) is 0 Å². The lowest BCUT2D eigenvalue weighted by Gasteiger charge is -2.23. The van der Waals surface area contributed by atoms with Gasteiger partial charge < -0.3 is 9.47 Å². The molecule has 7 atom stereocenters. The summed E-state index contributed by atoms with van der Waals surface area (Å²) in [6, 6.07) is 0. The zero-order valence-corrected chi connectivity index (χ0v) is 9.39. The van der Waals surface area contributed by atoms with Gasteiger partial charge in [-0.2, -0.15) is 0 Å². The predicted octanol–water partition coefficient (Wildman–Crippen LogP) is 2.22. The Kier molecular flexibility index (Phi) is 1.79. The van der Waals surface area contributed by atoms with Crippen LogP contribution >= 0.6 is 0 Å². The Balaban J connectivity index is 1.59. The van der Waals surface area contributed by atoms with Crippen LogP contribution in [0.3, 0.4) is 0 Å². The van der Waals surface area contributed by atoms with Crippen molar-refractivity contribution in [2.45, 2.75) is 50.9 Å². The monoisotopic (exact) mass is 208 g/mol. The van der Waals surface area contributed by atoms with E-state index in [1.807, 2.05) is 0 Å². The summed E-state index contributed by atoms with van der Waals surface area (Å²) in [5.74, 6) is 3.47. The minimum absolute atomic E-state index is 0.487. The molecule has 84 valence electrons. The number of unbranched alkanes of at least 4 members (excludes halogenated alkanes) is 1. The van der Waals surface area contributed by atoms with Gasteiger partial charge in [0.15, 0.2) is 0 Å². The molecule has 4 aliphatic rings. The van der Waals surface area contributed by atoms with Crippen molar-refractivity contribution in [1.29, 1.82) is 0 Å². The third-order valence-corrected chi connectivity index (χ3v) is 5.34. The van der Waals surface area contributed by atoms with E-state index in [0.29, 0.717) is 18.3 Å². The SMILES string of the molecule is CCCC[C@H]1OC2C3CC4C(COC42)C31. The average molecular weight is 208 g/mol. The van der Waals surface area contributed by atoms with Crippen molar-refractivity contribution in [3.05, 3.63) is 0 Å². The molecule has 2 heterocycles. The van der Waals surface area contributed by atoms with Crippen molar-refractivity contribution in [2.75, 3.05) is 6.61 Å². The van der Waals surface area contributed by atoms with Crippen LogP contribution in [-0.4, -0.2) is 24.9 Å². The minimum Gasteiger partial charge on any atom is -0.375 e. The van der Waals surface area contributed by atoms with Crippen molar-refractivity contribution in [3.63, 3.8) is 0 Å². The van der Waals surface area contributed by atoms with E-state index in [1.54, 1.807) is 0 Å². The Morgan fingerprint density at radius 3 is 2.93 bits per heavy atom. The molecular weight excluding hydrogens is 188 g/mol. The Morgan fingerprint density at radius 1 is 1.13 bits per heavy atom. The molecular formula is C13H20O2. The van der Waals surface area contributed by atoms with Crippen molar-refractivity contribution >= 4 is 0 Å². The van der Waals surface area contributed by atoms with Crippen LogP contribution < -0.4 is 0 Å². The molecule has 0 N–H and O–H groups in total. The summed E-state index contributed by atoms with van der Waals surface area (Å²) in [5.41, 5.74) is 0. The van der Waals surface area contributed by atoms with Gasteiger partial charge in [-0.05, 0) is 36.5 Å². The number of rotatable bonds is 3. The third-order valence-electron chi connectivity index (χ3n) is 5.34. The Hall–Kier alpha value is -0.0800. The lowest BCUT2D eigenvalue weighted by molar-refractivity contribution is -0.0560. The van der Waals surface area contributed by atoms with Crippen molar-refractivity contribution in [1.82, 2.24) is 0 Å². The zero-order chi connectivity index (χ0) is 9.99. The first-order chi connectivity index (χ1) is 7.40. The van der Waals surface area contributed by atoms with Gasteiger partial charge in [0.25, 0.3) is 0 Å². The lowest BCUT2D eigenvalue weighted by atomic mass is 9.78. The molecule has 2 saturated carbocycles. The summed E-state index contributed by atoms with van der Waals surface area (Å²) in [6.07, 6.45) is 6.91. The second-order valence-electron chi connectivity index (χ2n) is 5.88. The van der Waals surface area contributed by atoms with Crippen LogP contribution in [0.1, 0.15) is 32.6 Å². The van der Waals surface area contributed by atoms with Crippen molar-refractivity contribution < 1.29 is 9.47 Å². The Morgan fingerprint density at radius 2 is 2.07 bits per heavy atom. The number of ether oxygens (including phenoxy) is 2. The zero-order valence-electron chi connectivity index (χ0n) is 9.39. The molecule has 0 spiro atoms. The summed E-state index contributed by atoms with van der Waals surface area (Å²) in [7, 11) is 0. The lowest BCUT2D eigenvalue weighted by Crippen LogP contribution is -2.31. The molecule has 0 aromatic heterocycles. The highest BCUT2D eigenvalue weighted by atomic mass is 16.6. The molecule has 2 aliphatic carbocycles. The first kappa shape index (κ1) is 9.00. The largest absolute Gasteiger partial charge is 0.375 e. The molecule has 0 aromatic carbocycles. The summed E-state index contributed by atoms with van der Waals surface area (Å²) in [6.45, 7) is 3.31. The van der Waals surface area contributed by atoms with Crippen LogP contribution in [0.4, 0.5) is 0 Å². The summed E-state index contributed by atoms with van der Waals surface area (Å²) in [5, 5.41) is 0. The van der Waals surface area contributed by atoms with Crippen LogP contribution in [0.2, 0.25) is 0 Å². The molecule has 2 heteroatoms. The number of hydrogen-bond donors (Lipinski definition) is 0. The van der Waals surface area contributed by atoms with Gasteiger partial charge in [-0.25, -0.2) is 0 Å². The topological polar surface area (TPSA) is 18.5 Å². The smallest absolute Gasteiger partial charge is 0.0875 e. The maximum absolute atomic E-state index is 6.25. The molecule has 2 nitrogen and oxygen atoms in total. The molecule has 0 aromatic rings. The second kappa shape index (κ2) is 2.98. The standard InChI is InChI=1S/C13H20O2/c1-2-3-4-10-11-8-5-7-9(11)6-14-12(7)13(8)15-10/h7-13H,2-6H2,1H3/t7?,8?,9?,10-,11?,12?,13?/m1/s1. The molecule has 0 radical (unpaired) electrons. The molecule has 6 unspecified atom stereocenters. The van der Waals surface area contributed by atoms with E-state index >= 15 is 0 Å². The quantitative estimate of drug-likeness (QED) is 0.708. The maximum Gasteiger partial charge on any atom is 0.0875 e. The molecule has 2 aliphatic heterocycles. The molecule has 0 amide bonds. The van der Waals surface area contributed by atoms with Gasteiger partial charge in [-0.15, -0.1) is 0 Å². The maximum atomic E-state index is 6.25. The van der Waals surface area contributed by atoms with Gasteiger partial charge in [-0.3, -0.25) is 0 Å². The third kappa shape index (κ3) is 0.980. The molecule has 4 rings (SSSR count). The summed E-state index contributed by atoms with van der Waals surface area (Å²) < 4.78 is 12.1. The van der Waals surface area contributed by atoms with E-state index in [-0.39, 0.29) is 0 Å². The first-order valence-electron chi connectivity index (χ1n) is 6.67. The predicted molar refractivity (Wildman–Crippen MR) is 56.5 cm³/mol. The van der Waals surface area contributed by atoms with E-state index in [1.165, 1.54) is 25.7 Å².